The summed E-state index contributed by atoms with van der Waals surface area (Å²) in [6.45, 7) is 6.43. The number of amides is 1. The van der Waals surface area contributed by atoms with Crippen LogP contribution in [-0.2, 0) is 13.1 Å². The van der Waals surface area contributed by atoms with Crippen molar-refractivity contribution < 1.29 is 14.3 Å². The Bertz CT molecular complexity index is 1180. The molecule has 31 heavy (non-hydrogen) atoms. The van der Waals surface area contributed by atoms with Gasteiger partial charge in [-0.15, -0.1) is 0 Å². The Kier molecular flexibility index (Phi) is 5.11. The number of fused-ring (bicyclic) bond motifs is 2. The smallest absolute Gasteiger partial charge is 0.259 e. The number of benzene rings is 2. The normalized spacial score (nSPS) is 16.1. The number of hydrogen-bond acceptors (Lipinski definition) is 5. The van der Waals surface area contributed by atoms with Crippen LogP contribution in [0.5, 0.6) is 11.5 Å². The van der Waals surface area contributed by atoms with E-state index in [1.54, 1.807) is 17.2 Å². The molecule has 1 amide bonds. The van der Waals surface area contributed by atoms with Gasteiger partial charge in [-0.2, -0.15) is 0 Å². The van der Waals surface area contributed by atoms with Crippen molar-refractivity contribution in [2.45, 2.75) is 20.0 Å². The molecule has 7 nitrogen and oxygen atoms in total. The molecule has 0 spiro atoms. The lowest BCUT2D eigenvalue weighted by molar-refractivity contribution is 0.0626. The van der Waals surface area contributed by atoms with E-state index in [0.717, 1.165) is 25.2 Å². The van der Waals surface area contributed by atoms with Crippen LogP contribution in [0, 0.1) is 0 Å². The average molecular weight is 419 g/mol. The highest BCUT2D eigenvalue weighted by molar-refractivity contribution is 5.98. The van der Waals surface area contributed by atoms with E-state index in [9.17, 15) is 9.59 Å². The second-order valence-electron chi connectivity index (χ2n) is 7.93. The standard InChI is InChI=1S/C24H25N3O4/c1-2-26-15-19(23(28)18-12-21-22(13-20(18)26)31-16-30-21)24(29)27-10-8-25(9-11-27)14-17-6-4-3-5-7-17/h3-7,12-13,15H,2,8-11,14,16H2,1H3. The lowest BCUT2D eigenvalue weighted by atomic mass is 10.1. The van der Waals surface area contributed by atoms with E-state index in [1.165, 1.54) is 5.56 Å². The van der Waals surface area contributed by atoms with Crippen LogP contribution in [-0.4, -0.2) is 53.2 Å². The minimum atomic E-state index is -0.255. The van der Waals surface area contributed by atoms with Crippen molar-refractivity contribution in [3.63, 3.8) is 0 Å². The van der Waals surface area contributed by atoms with Crippen LogP contribution in [0.4, 0.5) is 0 Å². The second-order valence-corrected chi connectivity index (χ2v) is 7.93. The number of hydrogen-bond donors (Lipinski definition) is 0. The van der Waals surface area contributed by atoms with Gasteiger partial charge in [-0.25, -0.2) is 0 Å². The number of carbonyl (C=O) groups is 1. The van der Waals surface area contributed by atoms with Gasteiger partial charge in [-0.3, -0.25) is 14.5 Å². The number of aryl methyl sites for hydroxylation is 1. The van der Waals surface area contributed by atoms with E-state index >= 15 is 0 Å². The predicted molar refractivity (Wildman–Crippen MR) is 118 cm³/mol. The Hall–Kier alpha value is -3.32. The zero-order chi connectivity index (χ0) is 21.4. The maximum absolute atomic E-state index is 13.3. The molecule has 3 heterocycles. The van der Waals surface area contributed by atoms with Gasteiger partial charge in [-0.1, -0.05) is 30.3 Å². The van der Waals surface area contributed by atoms with E-state index in [4.69, 9.17) is 9.47 Å². The van der Waals surface area contributed by atoms with Crippen LogP contribution >= 0.6 is 0 Å². The summed E-state index contributed by atoms with van der Waals surface area (Å²) in [5.74, 6) is 0.972. The topological polar surface area (TPSA) is 64.0 Å². The Balaban J connectivity index is 1.38. The molecule has 1 fully saturated rings. The molecule has 0 atom stereocenters. The van der Waals surface area contributed by atoms with E-state index in [-0.39, 0.29) is 23.7 Å². The molecule has 2 aromatic carbocycles. The molecule has 160 valence electrons. The van der Waals surface area contributed by atoms with Crippen molar-refractivity contribution >= 4 is 16.8 Å². The van der Waals surface area contributed by atoms with Crippen molar-refractivity contribution in [2.24, 2.45) is 0 Å². The first-order valence-corrected chi connectivity index (χ1v) is 10.7. The summed E-state index contributed by atoms with van der Waals surface area (Å²) in [7, 11) is 0. The number of aromatic nitrogens is 1. The number of ether oxygens (including phenoxy) is 2. The second kappa shape index (κ2) is 8.07. The minimum absolute atomic E-state index is 0.144. The number of piperazine rings is 1. The first kappa shape index (κ1) is 19.6. The molecule has 1 saturated heterocycles. The summed E-state index contributed by atoms with van der Waals surface area (Å²) >= 11 is 0. The minimum Gasteiger partial charge on any atom is -0.454 e. The molecule has 1 aromatic heterocycles. The van der Waals surface area contributed by atoms with Gasteiger partial charge in [0.2, 0.25) is 12.2 Å². The maximum atomic E-state index is 13.3. The molecular formula is C24H25N3O4. The first-order valence-electron chi connectivity index (χ1n) is 10.7. The Morgan fingerprint density at radius 1 is 1.00 bits per heavy atom. The molecular weight excluding hydrogens is 394 g/mol. The molecule has 0 radical (unpaired) electrons. The van der Waals surface area contributed by atoms with Crippen LogP contribution in [0.1, 0.15) is 22.8 Å². The predicted octanol–water partition coefficient (Wildman–Crippen LogP) is 2.71. The molecule has 0 N–H and O–H groups in total. The highest BCUT2D eigenvalue weighted by Gasteiger charge is 2.26. The van der Waals surface area contributed by atoms with Gasteiger partial charge in [0.25, 0.3) is 5.91 Å². The Labute approximate surface area is 180 Å². The van der Waals surface area contributed by atoms with Crippen LogP contribution in [0.25, 0.3) is 10.9 Å². The summed E-state index contributed by atoms with van der Waals surface area (Å²) in [6.07, 6.45) is 1.69. The van der Waals surface area contributed by atoms with Gasteiger partial charge in [0, 0.05) is 51.5 Å². The third-order valence-corrected chi connectivity index (χ3v) is 6.05. The lowest BCUT2D eigenvalue weighted by Crippen LogP contribution is -2.49. The Morgan fingerprint density at radius 3 is 2.42 bits per heavy atom. The van der Waals surface area contributed by atoms with Gasteiger partial charge < -0.3 is 18.9 Å². The fourth-order valence-electron chi connectivity index (χ4n) is 4.31. The molecule has 2 aliphatic heterocycles. The molecule has 5 rings (SSSR count). The van der Waals surface area contributed by atoms with E-state index in [0.29, 0.717) is 36.5 Å². The fourth-order valence-corrected chi connectivity index (χ4v) is 4.31. The van der Waals surface area contributed by atoms with Crippen LogP contribution in [0.15, 0.2) is 53.5 Å². The van der Waals surface area contributed by atoms with Crippen molar-refractivity contribution in [1.82, 2.24) is 14.4 Å². The SMILES string of the molecule is CCn1cc(C(=O)N2CCN(Cc3ccccc3)CC2)c(=O)c2cc3c(cc21)OCO3. The van der Waals surface area contributed by atoms with E-state index in [2.05, 4.69) is 17.0 Å². The van der Waals surface area contributed by atoms with E-state index < -0.39 is 0 Å². The van der Waals surface area contributed by atoms with Crippen molar-refractivity contribution in [3.05, 3.63) is 70.0 Å². The van der Waals surface area contributed by atoms with Crippen LogP contribution in [0.3, 0.4) is 0 Å². The largest absolute Gasteiger partial charge is 0.454 e. The van der Waals surface area contributed by atoms with Gasteiger partial charge >= 0.3 is 0 Å². The third kappa shape index (κ3) is 3.65. The summed E-state index contributed by atoms with van der Waals surface area (Å²) in [5, 5.41) is 0.486. The van der Waals surface area contributed by atoms with Gasteiger partial charge in [0.05, 0.1) is 10.9 Å². The Morgan fingerprint density at radius 2 is 1.71 bits per heavy atom. The van der Waals surface area contributed by atoms with Crippen molar-refractivity contribution in [3.8, 4) is 11.5 Å². The molecule has 0 saturated carbocycles. The monoisotopic (exact) mass is 419 g/mol. The molecule has 0 unspecified atom stereocenters. The summed E-state index contributed by atoms with van der Waals surface area (Å²) in [6, 6.07) is 13.8. The number of rotatable bonds is 4. The van der Waals surface area contributed by atoms with Gasteiger partial charge in [0.1, 0.15) is 5.56 Å². The highest BCUT2D eigenvalue weighted by atomic mass is 16.7. The zero-order valence-electron chi connectivity index (χ0n) is 17.5. The molecule has 3 aromatic rings. The third-order valence-electron chi connectivity index (χ3n) is 6.05. The average Bonchev–Trinajstić information content (AvgIpc) is 3.27. The van der Waals surface area contributed by atoms with Crippen molar-refractivity contribution in [2.75, 3.05) is 33.0 Å². The van der Waals surface area contributed by atoms with Gasteiger partial charge in [-0.05, 0) is 18.6 Å². The quantitative estimate of drug-likeness (QED) is 0.651. The maximum Gasteiger partial charge on any atom is 0.259 e. The van der Waals surface area contributed by atoms with E-state index in [1.807, 2.05) is 35.8 Å². The van der Waals surface area contributed by atoms with Crippen molar-refractivity contribution in [1.29, 1.82) is 0 Å². The molecule has 2 aliphatic rings. The molecule has 0 bridgehead atoms. The zero-order valence-corrected chi connectivity index (χ0v) is 17.5. The highest BCUT2D eigenvalue weighted by Crippen LogP contribution is 2.35. The molecule has 7 heteroatoms. The first-order chi connectivity index (χ1) is 15.1. The number of carbonyl (C=O) groups excluding carboxylic acids is 1. The summed E-state index contributed by atoms with van der Waals surface area (Å²) in [4.78, 5) is 30.6. The van der Waals surface area contributed by atoms with Crippen LogP contribution in [0.2, 0.25) is 0 Å². The summed E-state index contributed by atoms with van der Waals surface area (Å²) in [5.41, 5.74) is 1.97. The summed E-state index contributed by atoms with van der Waals surface area (Å²) < 4.78 is 12.8. The fraction of sp³-hybridized carbons (Fsp3) is 0.333. The van der Waals surface area contributed by atoms with Gasteiger partial charge in [0.15, 0.2) is 11.5 Å². The number of pyridine rings is 1. The molecule has 0 aliphatic carbocycles. The van der Waals surface area contributed by atoms with Crippen LogP contribution < -0.4 is 14.9 Å². The lowest BCUT2D eigenvalue weighted by Gasteiger charge is -2.34. The number of nitrogens with zero attached hydrogens (tertiary/aromatic N) is 3.